The van der Waals surface area contributed by atoms with Crippen molar-refractivity contribution in [3.05, 3.63) is 53.6 Å². The maximum absolute atomic E-state index is 6.52. The molecule has 0 spiro atoms. The number of nitrogens with zero attached hydrogens (tertiary/aromatic N) is 2. The first kappa shape index (κ1) is 26.7. The SMILES string of the molecule is COCCCN1CCOc2ccc(COC3CNCCC3c3ccc(OCCCN(C)C)cc3)cc21. The van der Waals surface area contributed by atoms with Crippen molar-refractivity contribution < 1.29 is 18.9 Å². The molecule has 1 saturated heterocycles. The number of benzene rings is 2. The van der Waals surface area contributed by atoms with Crippen LogP contribution in [0.25, 0.3) is 0 Å². The van der Waals surface area contributed by atoms with Gasteiger partial charge in [0, 0.05) is 39.3 Å². The first-order valence-corrected chi connectivity index (χ1v) is 13.3. The van der Waals surface area contributed by atoms with Gasteiger partial charge >= 0.3 is 0 Å². The Morgan fingerprint density at radius 3 is 2.75 bits per heavy atom. The zero-order chi connectivity index (χ0) is 25.2. The lowest BCUT2D eigenvalue weighted by Crippen LogP contribution is -2.41. The third-order valence-corrected chi connectivity index (χ3v) is 6.98. The van der Waals surface area contributed by atoms with Gasteiger partial charge in [0.25, 0.3) is 0 Å². The Morgan fingerprint density at radius 2 is 1.94 bits per heavy atom. The van der Waals surface area contributed by atoms with Gasteiger partial charge in [0.05, 0.1) is 31.5 Å². The predicted octanol–water partition coefficient (Wildman–Crippen LogP) is 3.91. The third-order valence-electron chi connectivity index (χ3n) is 6.98. The maximum atomic E-state index is 6.52. The predicted molar refractivity (Wildman–Crippen MR) is 145 cm³/mol. The number of piperidine rings is 1. The average Bonchev–Trinajstić information content (AvgIpc) is 2.90. The summed E-state index contributed by atoms with van der Waals surface area (Å²) in [6.45, 7) is 7.63. The summed E-state index contributed by atoms with van der Waals surface area (Å²) in [4.78, 5) is 4.58. The van der Waals surface area contributed by atoms with Crippen molar-refractivity contribution in [2.75, 3.05) is 78.6 Å². The topological polar surface area (TPSA) is 55.4 Å². The molecule has 1 fully saturated rings. The fourth-order valence-electron chi connectivity index (χ4n) is 5.01. The highest BCUT2D eigenvalue weighted by atomic mass is 16.5. The van der Waals surface area contributed by atoms with E-state index >= 15 is 0 Å². The molecule has 2 aromatic carbocycles. The number of anilines is 1. The zero-order valence-corrected chi connectivity index (χ0v) is 22.2. The smallest absolute Gasteiger partial charge is 0.142 e. The molecule has 0 amide bonds. The largest absolute Gasteiger partial charge is 0.494 e. The molecule has 7 heteroatoms. The lowest BCUT2D eigenvalue weighted by Gasteiger charge is -2.33. The van der Waals surface area contributed by atoms with Gasteiger partial charge in [0.2, 0.25) is 0 Å². The van der Waals surface area contributed by atoms with Crippen LogP contribution >= 0.6 is 0 Å². The molecule has 2 heterocycles. The third kappa shape index (κ3) is 7.59. The number of hydrogen-bond donors (Lipinski definition) is 1. The van der Waals surface area contributed by atoms with Crippen LogP contribution in [0.2, 0.25) is 0 Å². The first-order valence-electron chi connectivity index (χ1n) is 13.3. The van der Waals surface area contributed by atoms with Crippen molar-refractivity contribution in [3.8, 4) is 11.5 Å². The fourth-order valence-corrected chi connectivity index (χ4v) is 5.01. The van der Waals surface area contributed by atoms with Crippen LogP contribution in [0.4, 0.5) is 5.69 Å². The number of fused-ring (bicyclic) bond motifs is 1. The molecule has 198 valence electrons. The minimum Gasteiger partial charge on any atom is -0.494 e. The quantitative estimate of drug-likeness (QED) is 0.421. The summed E-state index contributed by atoms with van der Waals surface area (Å²) >= 11 is 0. The van der Waals surface area contributed by atoms with Gasteiger partial charge in [0.1, 0.15) is 18.1 Å². The van der Waals surface area contributed by atoms with E-state index in [4.69, 9.17) is 18.9 Å². The summed E-state index contributed by atoms with van der Waals surface area (Å²) in [5, 5.41) is 3.52. The molecule has 2 unspecified atom stereocenters. The Labute approximate surface area is 216 Å². The molecule has 2 atom stereocenters. The van der Waals surface area contributed by atoms with Gasteiger partial charge in [-0.1, -0.05) is 18.2 Å². The molecule has 0 aliphatic carbocycles. The average molecular weight is 498 g/mol. The maximum Gasteiger partial charge on any atom is 0.142 e. The molecule has 7 nitrogen and oxygen atoms in total. The molecule has 0 bridgehead atoms. The number of rotatable bonds is 13. The Balaban J connectivity index is 1.34. The van der Waals surface area contributed by atoms with E-state index in [9.17, 15) is 0 Å². The highest BCUT2D eigenvalue weighted by Gasteiger charge is 2.27. The molecule has 0 aromatic heterocycles. The highest BCUT2D eigenvalue weighted by molar-refractivity contribution is 5.61. The van der Waals surface area contributed by atoms with Crippen molar-refractivity contribution in [1.82, 2.24) is 10.2 Å². The molecular weight excluding hydrogens is 454 g/mol. The molecule has 2 aliphatic heterocycles. The van der Waals surface area contributed by atoms with E-state index in [1.165, 1.54) is 11.1 Å². The van der Waals surface area contributed by atoms with Crippen molar-refractivity contribution >= 4 is 5.69 Å². The molecule has 2 aromatic rings. The number of methoxy groups -OCH3 is 1. The van der Waals surface area contributed by atoms with Crippen LogP contribution in [-0.4, -0.2) is 84.8 Å². The molecule has 1 N–H and O–H groups in total. The summed E-state index contributed by atoms with van der Waals surface area (Å²) < 4.78 is 23.6. The summed E-state index contributed by atoms with van der Waals surface area (Å²) in [6.07, 6.45) is 3.24. The minimum absolute atomic E-state index is 0.135. The van der Waals surface area contributed by atoms with Gasteiger partial charge in [-0.2, -0.15) is 0 Å². The van der Waals surface area contributed by atoms with E-state index in [1.54, 1.807) is 7.11 Å². The van der Waals surface area contributed by atoms with E-state index in [0.717, 1.165) is 89.0 Å². The second-order valence-corrected chi connectivity index (χ2v) is 10.0. The van der Waals surface area contributed by atoms with Crippen LogP contribution in [0.3, 0.4) is 0 Å². The second kappa shape index (κ2) is 13.8. The van der Waals surface area contributed by atoms with E-state index in [1.807, 2.05) is 0 Å². The molecule has 2 aliphatic rings. The fraction of sp³-hybridized carbons (Fsp3) is 0.586. The Morgan fingerprint density at radius 1 is 1.08 bits per heavy atom. The molecule has 0 radical (unpaired) electrons. The van der Waals surface area contributed by atoms with Crippen LogP contribution in [0.15, 0.2) is 42.5 Å². The second-order valence-electron chi connectivity index (χ2n) is 10.0. The van der Waals surface area contributed by atoms with Gasteiger partial charge in [-0.25, -0.2) is 0 Å². The molecule has 0 saturated carbocycles. The standard InChI is InChI=1S/C29H43N3O4/c1-31(2)14-4-18-34-25-9-7-24(8-10-25)26-12-13-30-21-29(26)36-22-23-6-11-28-27(20-23)32(16-19-35-28)15-5-17-33-3/h6-11,20,26,29-30H,4-5,12-19,21-22H2,1-3H3. The van der Waals surface area contributed by atoms with E-state index in [0.29, 0.717) is 12.5 Å². The molecular formula is C29H43N3O4. The van der Waals surface area contributed by atoms with Crippen LogP contribution in [-0.2, 0) is 16.1 Å². The molecule has 36 heavy (non-hydrogen) atoms. The number of nitrogens with one attached hydrogen (secondary N) is 1. The highest BCUT2D eigenvalue weighted by Crippen LogP contribution is 2.34. The Hall–Kier alpha value is -2.32. The van der Waals surface area contributed by atoms with E-state index in [-0.39, 0.29) is 6.10 Å². The number of hydrogen-bond acceptors (Lipinski definition) is 7. The molecule has 4 rings (SSSR count). The first-order chi connectivity index (χ1) is 17.6. The van der Waals surface area contributed by atoms with Crippen LogP contribution < -0.4 is 19.7 Å². The zero-order valence-electron chi connectivity index (χ0n) is 22.2. The monoisotopic (exact) mass is 497 g/mol. The van der Waals surface area contributed by atoms with Gasteiger partial charge < -0.3 is 34.1 Å². The van der Waals surface area contributed by atoms with Crippen LogP contribution in [0.1, 0.15) is 36.3 Å². The number of ether oxygens (including phenoxy) is 4. The van der Waals surface area contributed by atoms with Gasteiger partial charge in [-0.3, -0.25) is 0 Å². The lowest BCUT2D eigenvalue weighted by atomic mass is 9.87. The Kier molecular flexibility index (Phi) is 10.3. The van der Waals surface area contributed by atoms with Crippen molar-refractivity contribution in [1.29, 1.82) is 0 Å². The van der Waals surface area contributed by atoms with Gasteiger partial charge in [0.15, 0.2) is 0 Å². The van der Waals surface area contributed by atoms with Crippen LogP contribution in [0.5, 0.6) is 11.5 Å². The normalized spacial score (nSPS) is 19.7. The van der Waals surface area contributed by atoms with Gasteiger partial charge in [-0.15, -0.1) is 0 Å². The van der Waals surface area contributed by atoms with Crippen molar-refractivity contribution in [2.45, 2.75) is 37.9 Å². The van der Waals surface area contributed by atoms with E-state index in [2.05, 4.69) is 71.7 Å². The minimum atomic E-state index is 0.135. The summed E-state index contributed by atoms with van der Waals surface area (Å²) in [5.41, 5.74) is 3.67. The summed E-state index contributed by atoms with van der Waals surface area (Å²) in [5.74, 6) is 2.28. The Bertz CT molecular complexity index is 921. The van der Waals surface area contributed by atoms with E-state index < -0.39 is 0 Å². The van der Waals surface area contributed by atoms with Crippen LogP contribution in [0, 0.1) is 0 Å². The summed E-state index contributed by atoms with van der Waals surface area (Å²) in [7, 11) is 5.93. The lowest BCUT2D eigenvalue weighted by molar-refractivity contribution is 0.0106. The van der Waals surface area contributed by atoms with Crippen molar-refractivity contribution in [3.63, 3.8) is 0 Å². The summed E-state index contributed by atoms with van der Waals surface area (Å²) in [6, 6.07) is 15.1. The van der Waals surface area contributed by atoms with Crippen molar-refractivity contribution in [2.24, 2.45) is 0 Å². The van der Waals surface area contributed by atoms with Gasteiger partial charge in [-0.05, 0) is 75.3 Å².